The van der Waals surface area contributed by atoms with Crippen molar-refractivity contribution in [3.05, 3.63) is 63.2 Å². The largest absolute Gasteiger partial charge is 0.493 e. The second-order valence-corrected chi connectivity index (χ2v) is 6.92. The van der Waals surface area contributed by atoms with E-state index >= 15 is 0 Å². The van der Waals surface area contributed by atoms with Gasteiger partial charge in [-0.1, -0.05) is 24.3 Å². The molecule has 0 unspecified atom stereocenters. The van der Waals surface area contributed by atoms with Crippen molar-refractivity contribution in [2.75, 3.05) is 27.3 Å². The van der Waals surface area contributed by atoms with Crippen molar-refractivity contribution < 1.29 is 19.2 Å². The predicted molar refractivity (Wildman–Crippen MR) is 108 cm³/mol. The molecule has 154 valence electrons. The van der Waals surface area contributed by atoms with E-state index in [-0.39, 0.29) is 29.3 Å². The summed E-state index contributed by atoms with van der Waals surface area (Å²) in [4.78, 5) is 26.0. The van der Waals surface area contributed by atoms with E-state index in [1.165, 1.54) is 39.2 Å². The fraction of sp³-hybridized carbons (Fsp3) is 0.381. The molecule has 0 radical (unpaired) electrons. The van der Waals surface area contributed by atoms with Gasteiger partial charge in [-0.3, -0.25) is 19.8 Å². The number of ether oxygens (including phenoxy) is 2. The molecule has 1 aliphatic heterocycles. The first-order valence-electron chi connectivity index (χ1n) is 9.51. The van der Waals surface area contributed by atoms with Gasteiger partial charge in [0, 0.05) is 19.2 Å². The Bertz CT molecular complexity index is 894. The van der Waals surface area contributed by atoms with Crippen molar-refractivity contribution in [1.29, 1.82) is 0 Å². The first-order valence-corrected chi connectivity index (χ1v) is 9.51. The summed E-state index contributed by atoms with van der Waals surface area (Å²) >= 11 is 0. The molecule has 1 heterocycles. The van der Waals surface area contributed by atoms with Gasteiger partial charge in [0.25, 0.3) is 11.6 Å². The highest BCUT2D eigenvalue weighted by Gasteiger charge is 2.24. The van der Waals surface area contributed by atoms with E-state index in [1.807, 2.05) is 18.2 Å². The van der Waals surface area contributed by atoms with E-state index in [0.717, 1.165) is 30.8 Å². The first-order chi connectivity index (χ1) is 14.0. The van der Waals surface area contributed by atoms with Crippen LogP contribution in [-0.4, -0.2) is 43.0 Å². The number of nitrogens with one attached hydrogen (secondary N) is 1. The summed E-state index contributed by atoms with van der Waals surface area (Å²) in [5.74, 6) is -0.0713. The Hall–Kier alpha value is -3.13. The molecule has 29 heavy (non-hydrogen) atoms. The van der Waals surface area contributed by atoms with Crippen LogP contribution in [0.4, 0.5) is 5.69 Å². The van der Waals surface area contributed by atoms with Crippen LogP contribution in [-0.2, 0) is 13.1 Å². The number of hydrogen-bond donors (Lipinski definition) is 1. The number of nitro groups is 1. The van der Waals surface area contributed by atoms with E-state index in [4.69, 9.17) is 9.47 Å². The molecule has 0 atom stereocenters. The number of carbonyl (C=O) groups is 1. The van der Waals surface area contributed by atoms with Gasteiger partial charge in [-0.25, -0.2) is 0 Å². The zero-order valence-corrected chi connectivity index (χ0v) is 16.6. The minimum Gasteiger partial charge on any atom is -0.493 e. The molecule has 0 bridgehead atoms. The fourth-order valence-electron chi connectivity index (χ4n) is 3.54. The van der Waals surface area contributed by atoms with Crippen LogP contribution in [0, 0.1) is 10.1 Å². The Balaban J connectivity index is 1.78. The molecule has 8 heteroatoms. The maximum atomic E-state index is 12.7. The number of likely N-dealkylation sites (tertiary alicyclic amines) is 1. The van der Waals surface area contributed by atoms with Crippen LogP contribution in [0.1, 0.15) is 34.3 Å². The third-order valence-corrected chi connectivity index (χ3v) is 5.09. The lowest BCUT2D eigenvalue weighted by Gasteiger charge is -2.18. The smallest absolute Gasteiger partial charge is 0.286 e. The minimum absolute atomic E-state index is 0.0651. The van der Waals surface area contributed by atoms with Gasteiger partial charge in [0.1, 0.15) is 5.56 Å². The molecule has 8 nitrogen and oxygen atoms in total. The van der Waals surface area contributed by atoms with Gasteiger partial charge in [0.05, 0.1) is 25.2 Å². The van der Waals surface area contributed by atoms with Crippen LogP contribution in [0.5, 0.6) is 11.5 Å². The number of nitrogens with zero attached hydrogens (tertiary/aromatic N) is 2. The highest BCUT2D eigenvalue weighted by molar-refractivity contribution is 5.99. The molecular formula is C21H25N3O5. The van der Waals surface area contributed by atoms with Crippen LogP contribution in [0.15, 0.2) is 36.4 Å². The van der Waals surface area contributed by atoms with Crippen LogP contribution >= 0.6 is 0 Å². The Morgan fingerprint density at radius 1 is 1.10 bits per heavy atom. The van der Waals surface area contributed by atoms with E-state index in [1.54, 1.807) is 0 Å². The summed E-state index contributed by atoms with van der Waals surface area (Å²) in [5, 5.41) is 14.2. The van der Waals surface area contributed by atoms with Crippen molar-refractivity contribution >= 4 is 11.6 Å². The van der Waals surface area contributed by atoms with Gasteiger partial charge in [-0.2, -0.15) is 0 Å². The van der Waals surface area contributed by atoms with Crippen LogP contribution in [0.2, 0.25) is 0 Å². The number of benzene rings is 2. The molecule has 0 aliphatic carbocycles. The minimum atomic E-state index is -0.599. The molecule has 1 amide bonds. The lowest BCUT2D eigenvalue weighted by atomic mass is 10.1. The molecule has 1 fully saturated rings. The summed E-state index contributed by atoms with van der Waals surface area (Å²) in [5.41, 5.74) is 1.75. The SMILES string of the molecule is COc1cc(C(=O)NCc2ccccc2CN2CCCC2)c([N+](=O)[O-])cc1OC. The Labute approximate surface area is 169 Å². The van der Waals surface area contributed by atoms with E-state index in [0.29, 0.717) is 0 Å². The summed E-state index contributed by atoms with van der Waals surface area (Å²) in [6.45, 7) is 3.29. The predicted octanol–water partition coefficient (Wildman–Crippen LogP) is 3.14. The second-order valence-electron chi connectivity index (χ2n) is 6.92. The van der Waals surface area contributed by atoms with Gasteiger partial charge in [0.2, 0.25) is 0 Å². The van der Waals surface area contributed by atoms with Gasteiger partial charge >= 0.3 is 0 Å². The first kappa shape index (κ1) is 20.6. The summed E-state index contributed by atoms with van der Waals surface area (Å²) in [6, 6.07) is 10.5. The van der Waals surface area contributed by atoms with Crippen LogP contribution in [0.3, 0.4) is 0 Å². The van der Waals surface area contributed by atoms with Crippen molar-refractivity contribution in [3.63, 3.8) is 0 Å². The third-order valence-electron chi connectivity index (χ3n) is 5.09. The van der Waals surface area contributed by atoms with Crippen LogP contribution < -0.4 is 14.8 Å². The highest BCUT2D eigenvalue weighted by Crippen LogP contribution is 2.34. The number of amides is 1. The van der Waals surface area contributed by atoms with Crippen molar-refractivity contribution in [2.24, 2.45) is 0 Å². The number of carbonyl (C=O) groups excluding carboxylic acids is 1. The van der Waals surface area contributed by atoms with Crippen molar-refractivity contribution in [2.45, 2.75) is 25.9 Å². The monoisotopic (exact) mass is 399 g/mol. The number of rotatable bonds is 8. The molecule has 0 spiro atoms. The van der Waals surface area contributed by atoms with Gasteiger partial charge < -0.3 is 14.8 Å². The second kappa shape index (κ2) is 9.38. The lowest BCUT2D eigenvalue weighted by molar-refractivity contribution is -0.385. The molecule has 1 saturated heterocycles. The number of methoxy groups -OCH3 is 2. The molecular weight excluding hydrogens is 374 g/mol. The molecule has 1 N–H and O–H groups in total. The quantitative estimate of drug-likeness (QED) is 0.541. The average Bonchev–Trinajstić information content (AvgIpc) is 3.24. The summed E-state index contributed by atoms with van der Waals surface area (Å²) < 4.78 is 10.3. The topological polar surface area (TPSA) is 93.9 Å². The van der Waals surface area contributed by atoms with E-state index in [9.17, 15) is 14.9 Å². The zero-order valence-electron chi connectivity index (χ0n) is 16.6. The average molecular weight is 399 g/mol. The maximum absolute atomic E-state index is 12.7. The highest BCUT2D eigenvalue weighted by atomic mass is 16.6. The van der Waals surface area contributed by atoms with Gasteiger partial charge in [-0.05, 0) is 37.1 Å². The van der Waals surface area contributed by atoms with Crippen LogP contribution in [0.25, 0.3) is 0 Å². The van der Waals surface area contributed by atoms with E-state index < -0.39 is 10.8 Å². The number of nitro benzene ring substituents is 1. The molecule has 0 saturated carbocycles. The maximum Gasteiger partial charge on any atom is 0.286 e. The summed E-state index contributed by atoms with van der Waals surface area (Å²) in [6.07, 6.45) is 2.42. The van der Waals surface area contributed by atoms with E-state index in [2.05, 4.69) is 16.3 Å². The Morgan fingerprint density at radius 2 is 1.72 bits per heavy atom. The molecule has 1 aliphatic rings. The van der Waals surface area contributed by atoms with Gasteiger partial charge in [0.15, 0.2) is 11.5 Å². The Kier molecular flexibility index (Phi) is 6.66. The molecule has 3 rings (SSSR count). The molecule has 2 aromatic rings. The van der Waals surface area contributed by atoms with Crippen molar-refractivity contribution in [1.82, 2.24) is 10.2 Å². The Morgan fingerprint density at radius 3 is 2.34 bits per heavy atom. The molecule has 2 aromatic carbocycles. The van der Waals surface area contributed by atoms with Crippen molar-refractivity contribution in [3.8, 4) is 11.5 Å². The molecule has 0 aromatic heterocycles. The standard InChI is InChI=1S/C21H25N3O5/c1-28-19-11-17(18(24(26)27)12-20(19)29-2)21(25)22-13-15-7-3-4-8-16(15)14-23-9-5-6-10-23/h3-4,7-8,11-12H,5-6,9-10,13-14H2,1-2H3,(H,22,25). The van der Waals surface area contributed by atoms with Gasteiger partial charge in [-0.15, -0.1) is 0 Å². The number of hydrogen-bond acceptors (Lipinski definition) is 6. The zero-order chi connectivity index (χ0) is 20.8. The summed E-state index contributed by atoms with van der Waals surface area (Å²) in [7, 11) is 2.80. The normalized spacial score (nSPS) is 13.9. The third kappa shape index (κ3) is 4.83. The fourth-order valence-corrected chi connectivity index (χ4v) is 3.54. The lowest BCUT2D eigenvalue weighted by Crippen LogP contribution is -2.25.